The Kier molecular flexibility index (Phi) is 8.59. The van der Waals surface area contributed by atoms with Crippen LogP contribution in [0.15, 0.2) is 35.2 Å². The lowest BCUT2D eigenvalue weighted by molar-refractivity contribution is -0.146. The lowest BCUT2D eigenvalue weighted by atomic mass is 9.48. The first-order valence-corrected chi connectivity index (χ1v) is 15.5. The van der Waals surface area contributed by atoms with Gasteiger partial charge in [-0.25, -0.2) is 0 Å². The molecule has 34 heavy (non-hydrogen) atoms. The van der Waals surface area contributed by atoms with Gasteiger partial charge in [-0.15, -0.1) is 11.8 Å². The second-order valence-electron chi connectivity index (χ2n) is 13.1. The Morgan fingerprint density at radius 2 is 1.71 bits per heavy atom. The van der Waals surface area contributed by atoms with E-state index < -0.39 is 0 Å². The summed E-state index contributed by atoms with van der Waals surface area (Å²) in [5, 5.41) is 0. The number of carbonyl (C=O) groups excluding carboxylic acids is 1. The molecule has 3 fully saturated rings. The molecule has 1 nitrogen and oxygen atoms in total. The molecule has 0 amide bonds. The molecule has 1 aromatic rings. The minimum Gasteiger partial charge on any atom is -0.299 e. The van der Waals surface area contributed by atoms with Crippen molar-refractivity contribution in [1.82, 2.24) is 0 Å². The van der Waals surface area contributed by atoms with Crippen LogP contribution in [-0.2, 0) is 4.79 Å². The summed E-state index contributed by atoms with van der Waals surface area (Å²) in [6, 6.07) is 10.7. The SMILES string of the molecule is CC(C)CCC[C@@H](C)[C@H]1CC[C@H]2[C@@H]3CCC(=O)[C@](C)(CCCSc4ccccc4)[C@H]3CC[C@]12C. The molecule has 3 saturated carbocycles. The van der Waals surface area contributed by atoms with Crippen molar-refractivity contribution in [2.75, 3.05) is 5.75 Å². The van der Waals surface area contributed by atoms with Crippen LogP contribution in [0.2, 0.25) is 0 Å². The molecular formula is C32H50OS. The van der Waals surface area contributed by atoms with Gasteiger partial charge in [-0.05, 0) is 104 Å². The molecule has 4 rings (SSSR count). The zero-order valence-corrected chi connectivity index (χ0v) is 23.5. The molecule has 0 unspecified atom stereocenters. The number of fused-ring (bicyclic) bond motifs is 3. The lowest BCUT2D eigenvalue weighted by Gasteiger charge is -2.56. The normalized spacial score (nSPS) is 36.4. The van der Waals surface area contributed by atoms with E-state index in [1.807, 2.05) is 11.8 Å². The van der Waals surface area contributed by atoms with Gasteiger partial charge in [-0.2, -0.15) is 0 Å². The Hall–Kier alpha value is -0.760. The highest BCUT2D eigenvalue weighted by molar-refractivity contribution is 7.99. The maximum absolute atomic E-state index is 13.3. The minimum atomic E-state index is -0.0809. The highest BCUT2D eigenvalue weighted by Crippen LogP contribution is 2.66. The van der Waals surface area contributed by atoms with Crippen molar-refractivity contribution in [3.63, 3.8) is 0 Å². The van der Waals surface area contributed by atoms with Gasteiger partial charge in [-0.1, -0.05) is 72.1 Å². The summed E-state index contributed by atoms with van der Waals surface area (Å²) >= 11 is 1.95. The Morgan fingerprint density at radius 3 is 2.44 bits per heavy atom. The predicted molar refractivity (Wildman–Crippen MR) is 147 cm³/mol. The van der Waals surface area contributed by atoms with Gasteiger partial charge in [0.05, 0.1) is 0 Å². The van der Waals surface area contributed by atoms with Crippen LogP contribution in [0.3, 0.4) is 0 Å². The molecule has 190 valence electrons. The highest BCUT2D eigenvalue weighted by Gasteiger charge is 2.59. The van der Waals surface area contributed by atoms with Crippen molar-refractivity contribution < 1.29 is 4.79 Å². The van der Waals surface area contributed by atoms with Gasteiger partial charge >= 0.3 is 0 Å². The van der Waals surface area contributed by atoms with Gasteiger partial charge < -0.3 is 0 Å². The summed E-state index contributed by atoms with van der Waals surface area (Å²) in [6.07, 6.45) is 14.0. The molecule has 0 spiro atoms. The van der Waals surface area contributed by atoms with E-state index >= 15 is 0 Å². The van der Waals surface area contributed by atoms with Crippen molar-refractivity contribution in [3.05, 3.63) is 30.3 Å². The van der Waals surface area contributed by atoms with E-state index in [0.717, 1.165) is 54.6 Å². The number of hydrogen-bond acceptors (Lipinski definition) is 2. The van der Waals surface area contributed by atoms with Gasteiger partial charge in [0.25, 0.3) is 0 Å². The summed E-state index contributed by atoms with van der Waals surface area (Å²) in [4.78, 5) is 14.7. The Labute approximate surface area is 214 Å². The van der Waals surface area contributed by atoms with Crippen molar-refractivity contribution >= 4 is 17.5 Å². The molecule has 3 aliphatic rings. The van der Waals surface area contributed by atoms with Gasteiger partial charge in [0.1, 0.15) is 5.78 Å². The molecule has 1 aromatic carbocycles. The molecule has 0 aromatic heterocycles. The predicted octanol–water partition coefficient (Wildman–Crippen LogP) is 9.45. The largest absolute Gasteiger partial charge is 0.299 e. The molecule has 2 heteroatoms. The first-order valence-electron chi connectivity index (χ1n) is 14.5. The summed E-state index contributed by atoms with van der Waals surface area (Å²) in [5.74, 6) is 6.57. The number of Topliss-reactive ketones (excluding diaryl/α,β-unsaturated/α-hetero) is 1. The molecule has 0 aliphatic heterocycles. The average molecular weight is 483 g/mol. The molecule has 0 N–H and O–H groups in total. The van der Waals surface area contributed by atoms with Crippen molar-refractivity contribution in [1.29, 1.82) is 0 Å². The smallest absolute Gasteiger partial charge is 0.139 e. The second kappa shape index (κ2) is 11.1. The number of rotatable bonds is 10. The molecule has 0 bridgehead atoms. The van der Waals surface area contributed by atoms with Gasteiger partial charge in [0.15, 0.2) is 0 Å². The van der Waals surface area contributed by atoms with Crippen molar-refractivity contribution in [2.24, 2.45) is 46.3 Å². The topological polar surface area (TPSA) is 17.1 Å². The fourth-order valence-electron chi connectivity index (χ4n) is 8.77. The molecule has 0 saturated heterocycles. The molecular weight excluding hydrogens is 432 g/mol. The maximum atomic E-state index is 13.3. The maximum Gasteiger partial charge on any atom is 0.139 e. The summed E-state index contributed by atoms with van der Waals surface area (Å²) in [7, 11) is 0. The first-order chi connectivity index (χ1) is 16.3. The zero-order valence-electron chi connectivity index (χ0n) is 22.7. The molecule has 0 heterocycles. The van der Waals surface area contributed by atoms with Crippen molar-refractivity contribution in [2.45, 2.75) is 110 Å². The second-order valence-corrected chi connectivity index (χ2v) is 14.2. The van der Waals surface area contributed by atoms with Gasteiger partial charge in [0.2, 0.25) is 0 Å². The standard InChI is InChI=1S/C32H50OS/c1-23(2)11-9-12-24(3)27-16-17-28-26-15-18-30(33)32(5,29(26)19-21-31(27,28)4)20-10-22-34-25-13-7-6-8-14-25/h6-8,13-14,23-24,26-29H,9-12,15-22H2,1-5H3/t24-,26+,27-,28+,29+,31-,32-/m1/s1. The number of thioether (sulfide) groups is 1. The number of benzene rings is 1. The highest BCUT2D eigenvalue weighted by atomic mass is 32.2. The monoisotopic (exact) mass is 482 g/mol. The van der Waals surface area contributed by atoms with Crippen LogP contribution in [0, 0.1) is 46.3 Å². The lowest BCUT2D eigenvalue weighted by Crippen LogP contribution is -2.52. The van der Waals surface area contributed by atoms with Crippen LogP contribution in [0.4, 0.5) is 0 Å². The third kappa shape index (κ3) is 5.33. The van der Waals surface area contributed by atoms with Crippen LogP contribution in [0.1, 0.15) is 105 Å². The minimum absolute atomic E-state index is 0.0809. The van der Waals surface area contributed by atoms with Crippen LogP contribution in [0.5, 0.6) is 0 Å². The Balaban J connectivity index is 1.38. The summed E-state index contributed by atoms with van der Waals surface area (Å²) < 4.78 is 0. The first kappa shape index (κ1) is 26.3. The fraction of sp³-hybridized carbons (Fsp3) is 0.781. The van der Waals surface area contributed by atoms with Crippen LogP contribution in [0.25, 0.3) is 0 Å². The van der Waals surface area contributed by atoms with Crippen LogP contribution < -0.4 is 0 Å². The summed E-state index contributed by atoms with van der Waals surface area (Å²) in [5.41, 5.74) is 0.436. The van der Waals surface area contributed by atoms with E-state index in [9.17, 15) is 4.79 Å². The number of ketones is 1. The van der Waals surface area contributed by atoms with E-state index in [0.29, 0.717) is 17.1 Å². The Bertz CT molecular complexity index is 802. The third-order valence-electron chi connectivity index (χ3n) is 10.7. The molecule has 7 atom stereocenters. The van der Waals surface area contributed by atoms with E-state index in [1.165, 1.54) is 56.3 Å². The van der Waals surface area contributed by atoms with E-state index in [2.05, 4.69) is 65.0 Å². The van der Waals surface area contributed by atoms with Crippen molar-refractivity contribution in [3.8, 4) is 0 Å². The molecule has 3 aliphatic carbocycles. The van der Waals surface area contributed by atoms with Crippen LogP contribution in [-0.4, -0.2) is 11.5 Å². The average Bonchev–Trinajstić information content (AvgIpc) is 3.17. The van der Waals surface area contributed by atoms with Gasteiger partial charge in [-0.3, -0.25) is 4.79 Å². The Morgan fingerprint density at radius 1 is 0.941 bits per heavy atom. The summed E-state index contributed by atoms with van der Waals surface area (Å²) in [6.45, 7) is 12.3. The van der Waals surface area contributed by atoms with E-state index in [-0.39, 0.29) is 5.41 Å². The fourth-order valence-corrected chi connectivity index (χ4v) is 9.64. The zero-order chi connectivity index (χ0) is 24.3. The number of carbonyl (C=O) groups is 1. The number of hydrogen-bond donors (Lipinski definition) is 0. The van der Waals surface area contributed by atoms with E-state index in [4.69, 9.17) is 0 Å². The van der Waals surface area contributed by atoms with Crippen LogP contribution >= 0.6 is 11.8 Å². The quantitative estimate of drug-likeness (QED) is 0.244. The third-order valence-corrected chi connectivity index (χ3v) is 11.7. The van der Waals surface area contributed by atoms with E-state index in [1.54, 1.807) is 0 Å². The molecule has 0 radical (unpaired) electrons. The van der Waals surface area contributed by atoms with Gasteiger partial charge in [0, 0.05) is 16.7 Å².